The van der Waals surface area contributed by atoms with Crippen molar-refractivity contribution in [3.8, 4) is 6.07 Å². The highest BCUT2D eigenvalue weighted by Crippen LogP contribution is 2.30. The molecule has 0 heterocycles. The quantitative estimate of drug-likeness (QED) is 0.868. The molecule has 5 heteroatoms. The molecule has 0 aliphatic heterocycles. The van der Waals surface area contributed by atoms with E-state index in [9.17, 15) is 9.90 Å². The van der Waals surface area contributed by atoms with Crippen LogP contribution in [0.1, 0.15) is 30.9 Å². The van der Waals surface area contributed by atoms with Crippen LogP contribution in [0, 0.1) is 17.2 Å². The number of carbonyl (C=O) groups is 1. The summed E-state index contributed by atoms with van der Waals surface area (Å²) in [6, 6.07) is 9.10. The van der Waals surface area contributed by atoms with Crippen LogP contribution in [-0.4, -0.2) is 29.0 Å². The van der Waals surface area contributed by atoms with Crippen molar-refractivity contribution in [1.29, 1.82) is 5.26 Å². The number of rotatable bonds is 6. The summed E-state index contributed by atoms with van der Waals surface area (Å²) in [5.74, 6) is 0.226. The number of halogens is 1. The van der Waals surface area contributed by atoms with Gasteiger partial charge in [-0.15, -0.1) is 0 Å². The van der Waals surface area contributed by atoms with E-state index < -0.39 is 6.10 Å². The van der Waals surface area contributed by atoms with E-state index in [1.54, 1.807) is 29.2 Å². The van der Waals surface area contributed by atoms with Gasteiger partial charge in [-0.2, -0.15) is 5.26 Å². The van der Waals surface area contributed by atoms with Gasteiger partial charge in [-0.1, -0.05) is 28.1 Å². The molecule has 1 aliphatic carbocycles. The van der Waals surface area contributed by atoms with Gasteiger partial charge in [-0.05, 0) is 36.5 Å². The summed E-state index contributed by atoms with van der Waals surface area (Å²) in [7, 11) is 0. The van der Waals surface area contributed by atoms with E-state index in [4.69, 9.17) is 5.26 Å². The molecule has 0 spiro atoms. The van der Waals surface area contributed by atoms with E-state index in [2.05, 4.69) is 22.0 Å². The monoisotopic (exact) mass is 336 g/mol. The van der Waals surface area contributed by atoms with Gasteiger partial charge in [0.1, 0.15) is 0 Å². The van der Waals surface area contributed by atoms with E-state index >= 15 is 0 Å². The van der Waals surface area contributed by atoms with Gasteiger partial charge in [0.25, 0.3) is 5.91 Å². The summed E-state index contributed by atoms with van der Waals surface area (Å²) in [5.41, 5.74) is 0.580. The van der Waals surface area contributed by atoms with Gasteiger partial charge in [0.15, 0.2) is 6.10 Å². The van der Waals surface area contributed by atoms with E-state index in [0.29, 0.717) is 31.0 Å². The molecule has 1 saturated carbocycles. The first-order valence-electron chi connectivity index (χ1n) is 6.71. The van der Waals surface area contributed by atoms with Crippen molar-refractivity contribution in [2.75, 3.05) is 13.1 Å². The summed E-state index contributed by atoms with van der Waals surface area (Å²) in [4.78, 5) is 14.0. The van der Waals surface area contributed by atoms with Crippen molar-refractivity contribution < 1.29 is 9.90 Å². The number of nitriles is 1. The van der Waals surface area contributed by atoms with Crippen molar-refractivity contribution in [3.63, 3.8) is 0 Å². The Morgan fingerprint density at radius 3 is 2.65 bits per heavy atom. The zero-order valence-corrected chi connectivity index (χ0v) is 12.7. The number of amides is 1. The number of hydrogen-bond acceptors (Lipinski definition) is 3. The topological polar surface area (TPSA) is 64.3 Å². The van der Waals surface area contributed by atoms with Gasteiger partial charge < -0.3 is 10.0 Å². The molecule has 4 nitrogen and oxygen atoms in total. The SMILES string of the molecule is N#CCCN(CC1CC1)C(=O)[C@H](O)c1ccc(Br)cc1. The van der Waals surface area contributed by atoms with E-state index in [1.165, 1.54) is 0 Å². The van der Waals surface area contributed by atoms with Crippen LogP contribution < -0.4 is 0 Å². The fourth-order valence-corrected chi connectivity index (χ4v) is 2.31. The highest BCUT2D eigenvalue weighted by Gasteiger charge is 2.29. The minimum absolute atomic E-state index is 0.297. The Hall–Kier alpha value is -1.38. The van der Waals surface area contributed by atoms with Crippen LogP contribution >= 0.6 is 15.9 Å². The Labute approximate surface area is 127 Å². The predicted molar refractivity (Wildman–Crippen MR) is 78.6 cm³/mol. The number of aliphatic hydroxyl groups is 1. The molecular weight excluding hydrogens is 320 g/mol. The van der Waals surface area contributed by atoms with Crippen LogP contribution in [0.2, 0.25) is 0 Å². The Morgan fingerprint density at radius 2 is 2.10 bits per heavy atom. The Bertz CT molecular complexity index is 506. The number of aliphatic hydroxyl groups excluding tert-OH is 1. The van der Waals surface area contributed by atoms with Crippen molar-refractivity contribution in [3.05, 3.63) is 34.3 Å². The minimum atomic E-state index is -1.15. The summed E-state index contributed by atoms with van der Waals surface area (Å²) in [5, 5.41) is 18.9. The lowest BCUT2D eigenvalue weighted by Gasteiger charge is -2.24. The molecule has 0 unspecified atom stereocenters. The number of carbonyl (C=O) groups excluding carboxylic acids is 1. The van der Waals surface area contributed by atoms with Crippen LogP contribution in [0.4, 0.5) is 0 Å². The van der Waals surface area contributed by atoms with Crippen LogP contribution in [0.25, 0.3) is 0 Å². The van der Waals surface area contributed by atoms with E-state index in [1.807, 2.05) is 0 Å². The minimum Gasteiger partial charge on any atom is -0.378 e. The molecule has 106 valence electrons. The van der Waals surface area contributed by atoms with E-state index in [0.717, 1.165) is 17.3 Å². The predicted octanol–water partition coefficient (Wildman–Crippen LogP) is 2.63. The van der Waals surface area contributed by atoms with Gasteiger partial charge in [0.2, 0.25) is 0 Å². The van der Waals surface area contributed by atoms with Gasteiger partial charge in [0, 0.05) is 17.6 Å². The molecule has 2 rings (SSSR count). The third-order valence-corrected chi connectivity index (χ3v) is 3.93. The number of benzene rings is 1. The first kappa shape index (κ1) is 15.0. The van der Waals surface area contributed by atoms with Crippen LogP contribution in [0.5, 0.6) is 0 Å². The average molecular weight is 337 g/mol. The number of hydrogen-bond donors (Lipinski definition) is 1. The molecule has 0 radical (unpaired) electrons. The molecule has 1 atom stereocenters. The first-order valence-corrected chi connectivity index (χ1v) is 7.50. The molecule has 1 N–H and O–H groups in total. The smallest absolute Gasteiger partial charge is 0.256 e. The normalized spacial score (nSPS) is 15.4. The molecule has 1 aromatic rings. The Morgan fingerprint density at radius 1 is 1.45 bits per heavy atom. The second-order valence-electron chi connectivity index (χ2n) is 5.09. The van der Waals surface area contributed by atoms with Gasteiger partial charge in [0.05, 0.1) is 12.5 Å². The highest BCUT2D eigenvalue weighted by atomic mass is 79.9. The molecule has 1 aromatic carbocycles. The number of nitrogens with zero attached hydrogens (tertiary/aromatic N) is 2. The summed E-state index contributed by atoms with van der Waals surface area (Å²) >= 11 is 3.32. The summed E-state index contributed by atoms with van der Waals surface area (Å²) in [6.45, 7) is 1.04. The zero-order valence-electron chi connectivity index (χ0n) is 11.1. The van der Waals surface area contributed by atoms with Crippen molar-refractivity contribution >= 4 is 21.8 Å². The fraction of sp³-hybridized carbons (Fsp3) is 0.467. The first-order chi connectivity index (χ1) is 9.61. The molecule has 20 heavy (non-hydrogen) atoms. The third kappa shape index (κ3) is 4.06. The highest BCUT2D eigenvalue weighted by molar-refractivity contribution is 9.10. The largest absolute Gasteiger partial charge is 0.378 e. The fourth-order valence-electron chi connectivity index (χ4n) is 2.05. The third-order valence-electron chi connectivity index (χ3n) is 3.40. The maximum Gasteiger partial charge on any atom is 0.256 e. The second kappa shape index (κ2) is 6.87. The summed E-state index contributed by atoms with van der Waals surface area (Å²) < 4.78 is 0.903. The summed E-state index contributed by atoms with van der Waals surface area (Å²) in [6.07, 6.45) is 1.40. The molecule has 0 aromatic heterocycles. The molecule has 0 saturated heterocycles. The van der Waals surface area contributed by atoms with Crippen molar-refractivity contribution in [2.24, 2.45) is 5.92 Å². The lowest BCUT2D eigenvalue weighted by atomic mass is 10.1. The molecule has 1 fully saturated rings. The van der Waals surface area contributed by atoms with Crippen molar-refractivity contribution in [1.82, 2.24) is 4.90 Å². The maximum atomic E-state index is 12.4. The molecule has 1 aliphatic rings. The molecule has 0 bridgehead atoms. The molecular formula is C15H17BrN2O2. The van der Waals surface area contributed by atoms with Gasteiger partial charge in [-0.25, -0.2) is 0 Å². The Balaban J connectivity index is 2.04. The van der Waals surface area contributed by atoms with Crippen LogP contribution in [0.3, 0.4) is 0 Å². The molecule has 1 amide bonds. The maximum absolute atomic E-state index is 12.4. The van der Waals surface area contributed by atoms with Gasteiger partial charge in [-0.3, -0.25) is 4.79 Å². The average Bonchev–Trinajstić information content (AvgIpc) is 3.26. The van der Waals surface area contributed by atoms with Crippen LogP contribution in [0.15, 0.2) is 28.7 Å². The van der Waals surface area contributed by atoms with E-state index in [-0.39, 0.29) is 5.91 Å². The van der Waals surface area contributed by atoms with Gasteiger partial charge >= 0.3 is 0 Å². The van der Waals surface area contributed by atoms with Crippen molar-refractivity contribution in [2.45, 2.75) is 25.4 Å². The Kier molecular flexibility index (Phi) is 5.16. The second-order valence-corrected chi connectivity index (χ2v) is 6.01. The lowest BCUT2D eigenvalue weighted by Crippen LogP contribution is -2.37. The lowest BCUT2D eigenvalue weighted by molar-refractivity contribution is -0.140. The van der Waals surface area contributed by atoms with Crippen LogP contribution in [-0.2, 0) is 4.79 Å². The standard InChI is InChI=1S/C15H17BrN2O2/c16-13-6-4-12(5-7-13)14(19)15(20)18(9-1-8-17)10-11-2-3-11/h4-7,11,14,19H,1-3,9-10H2/t14-/m1/s1. The zero-order chi connectivity index (χ0) is 14.5.